The van der Waals surface area contributed by atoms with Gasteiger partial charge in [-0.05, 0) is 45.2 Å². The third-order valence-corrected chi connectivity index (χ3v) is 5.21. The Morgan fingerprint density at radius 2 is 1.96 bits per heavy atom. The van der Waals surface area contributed by atoms with E-state index >= 15 is 0 Å². The third-order valence-electron chi connectivity index (χ3n) is 5.21. The minimum absolute atomic E-state index is 0.00213. The Morgan fingerprint density at radius 1 is 1.20 bits per heavy atom. The minimum Gasteiger partial charge on any atom is -0.334 e. The maximum atomic E-state index is 12.0. The zero-order valence-electron chi connectivity index (χ0n) is 15.7. The predicted octanol–water partition coefficient (Wildman–Crippen LogP) is 1.66. The molecule has 0 spiro atoms. The van der Waals surface area contributed by atoms with Gasteiger partial charge in [-0.15, -0.1) is 0 Å². The second-order valence-electron chi connectivity index (χ2n) is 7.03. The summed E-state index contributed by atoms with van der Waals surface area (Å²) in [7, 11) is 1.74. The first-order valence-corrected chi connectivity index (χ1v) is 9.47. The van der Waals surface area contributed by atoms with E-state index in [1.807, 2.05) is 13.1 Å². The van der Waals surface area contributed by atoms with Gasteiger partial charge in [-0.3, -0.25) is 9.47 Å². The fraction of sp³-hybridized carbons (Fsp3) is 0.722. The van der Waals surface area contributed by atoms with Crippen molar-refractivity contribution < 1.29 is 0 Å². The molecule has 2 aromatic rings. The molecule has 0 aliphatic carbocycles. The number of nitrogens with zero attached hydrogens (tertiary/aromatic N) is 6. The minimum atomic E-state index is -0.00213. The third kappa shape index (κ3) is 4.03. The molecule has 0 amide bonds. The second kappa shape index (κ2) is 7.99. The molecule has 7 nitrogen and oxygen atoms in total. The summed E-state index contributed by atoms with van der Waals surface area (Å²) in [4.78, 5) is 19.0. The SMILES string of the molecule is CCCn1ccnc1CN1CCC(Cc2nn(C)c(=O)n2CC)CC1. The Morgan fingerprint density at radius 3 is 2.64 bits per heavy atom. The monoisotopic (exact) mass is 346 g/mol. The summed E-state index contributed by atoms with van der Waals surface area (Å²) in [5, 5.41) is 4.43. The van der Waals surface area contributed by atoms with Crippen molar-refractivity contribution in [2.45, 2.75) is 59.2 Å². The first kappa shape index (κ1) is 17.9. The standard InChI is InChI=1S/C18H30N6O/c1-4-9-23-12-8-19-17(23)14-22-10-6-15(7-11-22)13-16-20-21(3)18(25)24(16)5-2/h8,12,15H,4-7,9-11,13-14H2,1-3H3. The number of rotatable bonds is 7. The van der Waals surface area contributed by atoms with E-state index in [2.05, 4.69) is 32.7 Å². The lowest BCUT2D eigenvalue weighted by atomic mass is 9.93. The van der Waals surface area contributed by atoms with E-state index in [1.165, 1.54) is 10.5 Å². The van der Waals surface area contributed by atoms with Gasteiger partial charge >= 0.3 is 5.69 Å². The van der Waals surface area contributed by atoms with Crippen LogP contribution in [0.25, 0.3) is 0 Å². The van der Waals surface area contributed by atoms with Crippen molar-refractivity contribution in [1.82, 2.24) is 28.8 Å². The maximum absolute atomic E-state index is 12.0. The normalized spacial score (nSPS) is 16.6. The van der Waals surface area contributed by atoms with Crippen LogP contribution in [0.15, 0.2) is 17.2 Å². The molecule has 0 aromatic carbocycles. The van der Waals surface area contributed by atoms with E-state index in [4.69, 9.17) is 0 Å². The van der Waals surface area contributed by atoms with E-state index in [1.54, 1.807) is 11.6 Å². The van der Waals surface area contributed by atoms with Gasteiger partial charge in [0.25, 0.3) is 0 Å². The van der Waals surface area contributed by atoms with Gasteiger partial charge in [-0.2, -0.15) is 5.10 Å². The van der Waals surface area contributed by atoms with Crippen molar-refractivity contribution in [2.75, 3.05) is 13.1 Å². The highest BCUT2D eigenvalue weighted by Gasteiger charge is 2.23. The van der Waals surface area contributed by atoms with Crippen LogP contribution in [-0.4, -0.2) is 41.9 Å². The predicted molar refractivity (Wildman–Crippen MR) is 97.4 cm³/mol. The van der Waals surface area contributed by atoms with Gasteiger partial charge in [-0.25, -0.2) is 14.5 Å². The molecule has 0 saturated carbocycles. The lowest BCUT2D eigenvalue weighted by molar-refractivity contribution is 0.170. The quantitative estimate of drug-likeness (QED) is 0.765. The van der Waals surface area contributed by atoms with E-state index in [-0.39, 0.29) is 5.69 Å². The summed E-state index contributed by atoms with van der Waals surface area (Å²) < 4.78 is 5.52. The highest BCUT2D eigenvalue weighted by atomic mass is 16.2. The topological polar surface area (TPSA) is 60.9 Å². The first-order chi connectivity index (χ1) is 12.1. The summed E-state index contributed by atoms with van der Waals surface area (Å²) in [6.07, 6.45) is 8.34. The molecule has 7 heteroatoms. The Kier molecular flexibility index (Phi) is 5.73. The maximum Gasteiger partial charge on any atom is 0.345 e. The number of piperidine rings is 1. The van der Waals surface area contributed by atoms with Gasteiger partial charge in [0.05, 0.1) is 6.54 Å². The zero-order valence-corrected chi connectivity index (χ0v) is 15.7. The van der Waals surface area contributed by atoms with Crippen LogP contribution in [0.4, 0.5) is 0 Å². The second-order valence-corrected chi connectivity index (χ2v) is 7.03. The van der Waals surface area contributed by atoms with Crippen LogP contribution in [-0.2, 0) is 33.1 Å². The van der Waals surface area contributed by atoms with Crippen molar-refractivity contribution in [2.24, 2.45) is 13.0 Å². The fourth-order valence-corrected chi connectivity index (χ4v) is 3.77. The smallest absolute Gasteiger partial charge is 0.334 e. The van der Waals surface area contributed by atoms with E-state index < -0.39 is 0 Å². The molecule has 0 N–H and O–H groups in total. The molecule has 0 radical (unpaired) electrons. The van der Waals surface area contributed by atoms with Crippen molar-refractivity contribution >= 4 is 0 Å². The molecule has 2 aromatic heterocycles. The van der Waals surface area contributed by atoms with Gasteiger partial charge in [0.2, 0.25) is 0 Å². The van der Waals surface area contributed by atoms with E-state index in [0.29, 0.717) is 12.5 Å². The first-order valence-electron chi connectivity index (χ1n) is 9.47. The number of likely N-dealkylation sites (tertiary alicyclic amines) is 1. The Bertz CT molecular complexity index is 735. The largest absolute Gasteiger partial charge is 0.345 e. The van der Waals surface area contributed by atoms with Gasteiger partial charge in [0.1, 0.15) is 11.6 Å². The number of imidazole rings is 1. The highest BCUT2D eigenvalue weighted by molar-refractivity contribution is 4.94. The number of hydrogen-bond donors (Lipinski definition) is 0. The van der Waals surface area contributed by atoms with Crippen molar-refractivity contribution in [1.29, 1.82) is 0 Å². The zero-order chi connectivity index (χ0) is 17.8. The van der Waals surface area contributed by atoms with Crippen LogP contribution in [0.1, 0.15) is 44.8 Å². The molecule has 1 fully saturated rings. The summed E-state index contributed by atoms with van der Waals surface area (Å²) >= 11 is 0. The number of hydrogen-bond acceptors (Lipinski definition) is 4. The lowest BCUT2D eigenvalue weighted by Gasteiger charge is -2.31. The molecule has 1 aliphatic rings. The Labute approximate surface area is 149 Å². The summed E-state index contributed by atoms with van der Waals surface area (Å²) in [5.41, 5.74) is -0.00213. The Hall–Kier alpha value is -1.89. The van der Waals surface area contributed by atoms with Gasteiger partial charge in [-0.1, -0.05) is 6.92 Å². The van der Waals surface area contributed by atoms with Crippen molar-refractivity contribution in [3.63, 3.8) is 0 Å². The molecule has 1 saturated heterocycles. The molecule has 25 heavy (non-hydrogen) atoms. The molecular formula is C18H30N6O. The molecule has 138 valence electrons. The lowest BCUT2D eigenvalue weighted by Crippen LogP contribution is -2.35. The van der Waals surface area contributed by atoms with Crippen LogP contribution in [0.3, 0.4) is 0 Å². The molecule has 0 atom stereocenters. The molecule has 0 unspecified atom stereocenters. The van der Waals surface area contributed by atoms with E-state index in [0.717, 1.165) is 57.7 Å². The number of aryl methyl sites for hydroxylation is 2. The van der Waals surface area contributed by atoms with Crippen LogP contribution < -0.4 is 5.69 Å². The summed E-state index contributed by atoms with van der Waals surface area (Å²) in [6.45, 7) is 9.06. The van der Waals surface area contributed by atoms with Crippen LogP contribution in [0, 0.1) is 5.92 Å². The Balaban J connectivity index is 1.54. The van der Waals surface area contributed by atoms with Crippen LogP contribution in [0.5, 0.6) is 0 Å². The average molecular weight is 346 g/mol. The average Bonchev–Trinajstić information content (AvgIpc) is 3.14. The highest BCUT2D eigenvalue weighted by Crippen LogP contribution is 2.22. The molecule has 3 heterocycles. The van der Waals surface area contributed by atoms with Crippen molar-refractivity contribution in [3.05, 3.63) is 34.5 Å². The summed E-state index contributed by atoms with van der Waals surface area (Å²) in [6, 6.07) is 0. The summed E-state index contributed by atoms with van der Waals surface area (Å²) in [5.74, 6) is 2.72. The molecule has 1 aliphatic heterocycles. The molecule has 3 rings (SSSR count). The van der Waals surface area contributed by atoms with Crippen molar-refractivity contribution in [3.8, 4) is 0 Å². The fourth-order valence-electron chi connectivity index (χ4n) is 3.77. The van der Waals surface area contributed by atoms with Gasteiger partial charge in [0, 0.05) is 39.0 Å². The van der Waals surface area contributed by atoms with E-state index in [9.17, 15) is 4.79 Å². The van der Waals surface area contributed by atoms with Crippen LogP contribution in [0.2, 0.25) is 0 Å². The van der Waals surface area contributed by atoms with Gasteiger partial charge < -0.3 is 4.57 Å². The van der Waals surface area contributed by atoms with Crippen LogP contribution >= 0.6 is 0 Å². The molecular weight excluding hydrogens is 316 g/mol. The molecule has 0 bridgehead atoms. The number of aromatic nitrogens is 5. The van der Waals surface area contributed by atoms with Gasteiger partial charge in [0.15, 0.2) is 0 Å².